The van der Waals surface area contributed by atoms with Gasteiger partial charge in [0.1, 0.15) is 12.2 Å². The number of aromatic nitrogens is 3. The number of hydrogen-bond acceptors (Lipinski definition) is 4. The van der Waals surface area contributed by atoms with E-state index in [1.54, 1.807) is 7.11 Å². The Morgan fingerprint density at radius 2 is 2.00 bits per heavy atom. The highest BCUT2D eigenvalue weighted by atomic mass is 16.5. The molecule has 2 rings (SSSR count). The number of aromatic amines is 1. The molecule has 0 aliphatic rings. The van der Waals surface area contributed by atoms with Crippen LogP contribution in [0.3, 0.4) is 0 Å². The van der Waals surface area contributed by atoms with Gasteiger partial charge < -0.3 is 10.1 Å². The summed E-state index contributed by atoms with van der Waals surface area (Å²) in [6.07, 6.45) is 1.52. The molecule has 1 aromatic carbocycles. The zero-order valence-electron chi connectivity index (χ0n) is 10.7. The van der Waals surface area contributed by atoms with Crippen LogP contribution >= 0.6 is 0 Å². The lowest BCUT2D eigenvalue weighted by Gasteiger charge is -2.11. The van der Waals surface area contributed by atoms with Crippen LogP contribution in [0.5, 0.6) is 0 Å². The van der Waals surface area contributed by atoms with Crippen LogP contribution in [0.15, 0.2) is 30.6 Å². The highest BCUT2D eigenvalue weighted by molar-refractivity contribution is 5.22. The second kappa shape index (κ2) is 6.28. The van der Waals surface area contributed by atoms with Crippen LogP contribution in [0.4, 0.5) is 0 Å². The molecule has 2 N–H and O–H groups in total. The third-order valence-corrected chi connectivity index (χ3v) is 2.79. The predicted octanol–water partition coefficient (Wildman–Crippen LogP) is 1.80. The van der Waals surface area contributed by atoms with Crippen molar-refractivity contribution in [3.8, 4) is 0 Å². The lowest BCUT2D eigenvalue weighted by molar-refractivity contribution is 0.185. The van der Waals surface area contributed by atoms with E-state index in [2.05, 4.69) is 51.7 Å². The molecule has 5 nitrogen and oxygen atoms in total. The van der Waals surface area contributed by atoms with Crippen LogP contribution in [-0.2, 0) is 17.9 Å². The van der Waals surface area contributed by atoms with Crippen LogP contribution in [0.1, 0.15) is 29.9 Å². The first-order valence-corrected chi connectivity index (χ1v) is 5.95. The third-order valence-electron chi connectivity index (χ3n) is 2.79. The van der Waals surface area contributed by atoms with E-state index in [-0.39, 0.29) is 6.04 Å². The maximum atomic E-state index is 5.08. The average Bonchev–Trinajstić information content (AvgIpc) is 2.92. The van der Waals surface area contributed by atoms with E-state index >= 15 is 0 Å². The van der Waals surface area contributed by atoms with Crippen molar-refractivity contribution >= 4 is 0 Å². The van der Waals surface area contributed by atoms with Crippen LogP contribution in [-0.4, -0.2) is 22.3 Å². The summed E-state index contributed by atoms with van der Waals surface area (Å²) in [5, 5.41) is 10.1. The van der Waals surface area contributed by atoms with Gasteiger partial charge in [0.25, 0.3) is 0 Å². The molecule has 0 saturated heterocycles. The molecule has 0 aliphatic carbocycles. The molecule has 18 heavy (non-hydrogen) atoms. The second-order valence-electron chi connectivity index (χ2n) is 4.22. The first kappa shape index (κ1) is 12.7. The zero-order valence-corrected chi connectivity index (χ0v) is 10.7. The van der Waals surface area contributed by atoms with Crippen molar-refractivity contribution in [3.05, 3.63) is 47.5 Å². The van der Waals surface area contributed by atoms with Crippen LogP contribution in [0.25, 0.3) is 0 Å². The van der Waals surface area contributed by atoms with E-state index in [1.165, 1.54) is 17.5 Å². The summed E-state index contributed by atoms with van der Waals surface area (Å²) in [5.41, 5.74) is 2.42. The molecule has 1 unspecified atom stereocenters. The Bertz CT molecular complexity index is 452. The summed E-state index contributed by atoms with van der Waals surface area (Å²) >= 11 is 0. The monoisotopic (exact) mass is 246 g/mol. The van der Waals surface area contributed by atoms with Gasteiger partial charge in [-0.15, -0.1) is 0 Å². The molecule has 1 aromatic heterocycles. The molecule has 5 heteroatoms. The fourth-order valence-electron chi connectivity index (χ4n) is 1.71. The summed E-state index contributed by atoms with van der Waals surface area (Å²) in [7, 11) is 1.70. The third kappa shape index (κ3) is 3.38. The minimum absolute atomic E-state index is 0.158. The summed E-state index contributed by atoms with van der Waals surface area (Å²) in [6.45, 7) is 3.51. The van der Waals surface area contributed by atoms with E-state index < -0.39 is 0 Å². The summed E-state index contributed by atoms with van der Waals surface area (Å²) in [6, 6.07) is 8.54. The van der Waals surface area contributed by atoms with E-state index in [0.29, 0.717) is 6.61 Å². The van der Waals surface area contributed by atoms with Crippen LogP contribution in [0, 0.1) is 0 Å². The minimum atomic E-state index is 0.158. The fraction of sp³-hybridized carbons (Fsp3) is 0.385. The molecule has 0 saturated carbocycles. The van der Waals surface area contributed by atoms with Gasteiger partial charge in [0, 0.05) is 13.7 Å². The highest BCUT2D eigenvalue weighted by Crippen LogP contribution is 2.08. The van der Waals surface area contributed by atoms with Crippen molar-refractivity contribution in [1.82, 2.24) is 20.5 Å². The molecule has 0 aliphatic heterocycles. The van der Waals surface area contributed by atoms with Crippen molar-refractivity contribution in [1.29, 1.82) is 0 Å². The molecule has 2 aromatic rings. The smallest absolute Gasteiger partial charge is 0.141 e. The molecule has 0 bridgehead atoms. The first-order chi connectivity index (χ1) is 8.79. The number of nitrogens with zero attached hydrogens (tertiary/aromatic N) is 2. The van der Waals surface area contributed by atoms with Gasteiger partial charge in [-0.2, -0.15) is 5.10 Å². The van der Waals surface area contributed by atoms with E-state index in [1.807, 2.05) is 0 Å². The molecule has 1 atom stereocenters. The quantitative estimate of drug-likeness (QED) is 0.816. The van der Waals surface area contributed by atoms with Gasteiger partial charge in [-0.3, -0.25) is 5.10 Å². The number of nitrogens with one attached hydrogen (secondary N) is 2. The van der Waals surface area contributed by atoms with Crippen molar-refractivity contribution in [2.24, 2.45) is 0 Å². The maximum Gasteiger partial charge on any atom is 0.141 e. The molecule has 1 heterocycles. The predicted molar refractivity (Wildman–Crippen MR) is 68.8 cm³/mol. The lowest BCUT2D eigenvalue weighted by Crippen LogP contribution is -2.19. The summed E-state index contributed by atoms with van der Waals surface area (Å²) in [5.74, 6) is 0.853. The summed E-state index contributed by atoms with van der Waals surface area (Å²) in [4.78, 5) is 4.12. The van der Waals surface area contributed by atoms with Gasteiger partial charge in [0.15, 0.2) is 0 Å². The first-order valence-electron chi connectivity index (χ1n) is 5.95. The zero-order chi connectivity index (χ0) is 12.8. The Labute approximate surface area is 107 Å². The van der Waals surface area contributed by atoms with Gasteiger partial charge in [0.2, 0.25) is 0 Å². The Kier molecular flexibility index (Phi) is 4.44. The standard InChI is InChI=1S/C13H18N4O/c1-10(13-15-9-16-17-13)14-7-11-3-5-12(6-4-11)8-18-2/h3-6,9-10,14H,7-8H2,1-2H3,(H,15,16,17). The van der Waals surface area contributed by atoms with Crippen molar-refractivity contribution in [2.45, 2.75) is 26.1 Å². The number of H-pyrrole nitrogens is 1. The Morgan fingerprint density at radius 1 is 1.28 bits per heavy atom. The van der Waals surface area contributed by atoms with E-state index in [4.69, 9.17) is 4.74 Å². The lowest BCUT2D eigenvalue weighted by atomic mass is 10.1. The topological polar surface area (TPSA) is 62.8 Å². The highest BCUT2D eigenvalue weighted by Gasteiger charge is 2.06. The maximum absolute atomic E-state index is 5.08. The number of benzene rings is 1. The van der Waals surface area contributed by atoms with Crippen molar-refractivity contribution in [3.63, 3.8) is 0 Å². The van der Waals surface area contributed by atoms with Gasteiger partial charge in [-0.05, 0) is 18.1 Å². The van der Waals surface area contributed by atoms with E-state index in [0.717, 1.165) is 12.4 Å². The second-order valence-corrected chi connectivity index (χ2v) is 4.22. The average molecular weight is 246 g/mol. The number of ether oxygens (including phenoxy) is 1. The van der Waals surface area contributed by atoms with E-state index in [9.17, 15) is 0 Å². The number of rotatable bonds is 6. The van der Waals surface area contributed by atoms with Crippen molar-refractivity contribution < 1.29 is 4.74 Å². The van der Waals surface area contributed by atoms with Crippen LogP contribution in [0.2, 0.25) is 0 Å². The molecule has 0 amide bonds. The molecule has 0 spiro atoms. The minimum Gasteiger partial charge on any atom is -0.380 e. The Morgan fingerprint density at radius 3 is 2.61 bits per heavy atom. The summed E-state index contributed by atoms with van der Waals surface area (Å²) < 4.78 is 5.08. The molecular formula is C13H18N4O. The van der Waals surface area contributed by atoms with Gasteiger partial charge in [-0.25, -0.2) is 4.98 Å². The molecule has 96 valence electrons. The van der Waals surface area contributed by atoms with Gasteiger partial charge >= 0.3 is 0 Å². The molecule has 0 fully saturated rings. The largest absolute Gasteiger partial charge is 0.380 e. The van der Waals surface area contributed by atoms with Gasteiger partial charge in [0.05, 0.1) is 12.6 Å². The molecule has 0 radical (unpaired) electrons. The number of hydrogen-bond donors (Lipinski definition) is 2. The SMILES string of the molecule is COCc1ccc(CNC(C)c2ncn[nH]2)cc1. The molecular weight excluding hydrogens is 228 g/mol. The Balaban J connectivity index is 1.86. The normalized spacial score (nSPS) is 12.6. The van der Waals surface area contributed by atoms with Crippen molar-refractivity contribution in [2.75, 3.05) is 7.11 Å². The number of methoxy groups -OCH3 is 1. The fourth-order valence-corrected chi connectivity index (χ4v) is 1.71. The Hall–Kier alpha value is -1.72. The van der Waals surface area contributed by atoms with Crippen LogP contribution < -0.4 is 5.32 Å². The van der Waals surface area contributed by atoms with Gasteiger partial charge in [-0.1, -0.05) is 24.3 Å².